The zero-order chi connectivity index (χ0) is 13.4. The highest BCUT2D eigenvalue weighted by Crippen LogP contribution is 2.36. The Labute approximate surface area is 115 Å². The summed E-state index contributed by atoms with van der Waals surface area (Å²) in [5, 5.41) is 5.22. The van der Waals surface area contributed by atoms with Crippen molar-refractivity contribution in [1.29, 1.82) is 0 Å². The Hall–Kier alpha value is -1.42. The van der Waals surface area contributed by atoms with Gasteiger partial charge in [0.1, 0.15) is 11.6 Å². The number of hydrogen-bond donors (Lipinski definition) is 1. The monoisotopic (exact) mass is 279 g/mol. The smallest absolute Gasteiger partial charge is 0.146 e. The lowest BCUT2D eigenvalue weighted by Crippen LogP contribution is -2.16. The summed E-state index contributed by atoms with van der Waals surface area (Å²) >= 11 is 1.74. The number of hydrogen-bond acceptors (Lipinski definition) is 2. The lowest BCUT2D eigenvalue weighted by atomic mass is 9.94. The molecule has 0 saturated heterocycles. The maximum absolute atomic E-state index is 13.9. The fraction of sp³-hybridized carbons (Fsp3) is 0.333. The molecule has 0 saturated carbocycles. The van der Waals surface area contributed by atoms with Gasteiger partial charge in [-0.3, -0.25) is 0 Å². The van der Waals surface area contributed by atoms with Crippen molar-refractivity contribution in [1.82, 2.24) is 0 Å². The molecule has 0 spiro atoms. The molecule has 0 radical (unpaired) electrons. The number of aryl methyl sites for hydroxylation is 2. The second-order valence-corrected chi connectivity index (χ2v) is 5.97. The minimum absolute atomic E-state index is 0.0895. The van der Waals surface area contributed by atoms with Crippen LogP contribution in [0.5, 0.6) is 0 Å². The standard InChI is InChI=1S/C15H15F2NS/c1-9-7-12(17)14(8-11(9)16)18-13-3-2-4-15-10(13)5-6-19-15/h5-8,13,18H,2-4H2,1H3. The fourth-order valence-electron chi connectivity index (χ4n) is 2.58. The van der Waals surface area contributed by atoms with Crippen LogP contribution in [-0.4, -0.2) is 0 Å². The third-order valence-corrected chi connectivity index (χ3v) is 4.63. The van der Waals surface area contributed by atoms with Crippen LogP contribution in [0.3, 0.4) is 0 Å². The van der Waals surface area contributed by atoms with E-state index in [4.69, 9.17) is 0 Å². The summed E-state index contributed by atoms with van der Waals surface area (Å²) in [6.07, 6.45) is 3.13. The minimum Gasteiger partial charge on any atom is -0.376 e. The van der Waals surface area contributed by atoms with E-state index in [1.165, 1.54) is 22.6 Å². The lowest BCUT2D eigenvalue weighted by molar-refractivity contribution is 0.578. The summed E-state index contributed by atoms with van der Waals surface area (Å²) in [5.41, 5.74) is 1.83. The van der Waals surface area contributed by atoms with Gasteiger partial charge in [-0.15, -0.1) is 11.3 Å². The topological polar surface area (TPSA) is 12.0 Å². The van der Waals surface area contributed by atoms with E-state index < -0.39 is 0 Å². The van der Waals surface area contributed by atoms with E-state index in [1.54, 1.807) is 18.3 Å². The van der Waals surface area contributed by atoms with Gasteiger partial charge in [0.25, 0.3) is 0 Å². The molecule has 1 aliphatic carbocycles. The Morgan fingerprint density at radius 3 is 2.95 bits per heavy atom. The van der Waals surface area contributed by atoms with E-state index in [0.717, 1.165) is 19.3 Å². The number of nitrogens with one attached hydrogen (secondary N) is 1. The Morgan fingerprint density at radius 1 is 1.26 bits per heavy atom. The van der Waals surface area contributed by atoms with E-state index in [0.29, 0.717) is 5.56 Å². The molecule has 3 rings (SSSR count). The molecule has 0 fully saturated rings. The molecule has 1 aliphatic rings. The maximum atomic E-state index is 13.9. The predicted octanol–water partition coefficient (Wildman–Crippen LogP) is 4.82. The Bertz CT molecular complexity index is 606. The average molecular weight is 279 g/mol. The summed E-state index contributed by atoms with van der Waals surface area (Å²) in [5.74, 6) is -0.758. The first-order valence-corrected chi connectivity index (χ1v) is 7.31. The largest absolute Gasteiger partial charge is 0.376 e. The van der Waals surface area contributed by atoms with Crippen molar-refractivity contribution >= 4 is 17.0 Å². The van der Waals surface area contributed by atoms with E-state index in [2.05, 4.69) is 16.8 Å². The van der Waals surface area contributed by atoms with Crippen LogP contribution in [0.1, 0.15) is 34.9 Å². The average Bonchev–Trinajstić information content (AvgIpc) is 2.85. The molecule has 4 heteroatoms. The van der Waals surface area contributed by atoms with Crippen LogP contribution in [0.25, 0.3) is 0 Å². The zero-order valence-electron chi connectivity index (χ0n) is 10.7. The summed E-state index contributed by atoms with van der Waals surface area (Å²) in [6, 6.07) is 4.67. The van der Waals surface area contributed by atoms with Crippen molar-refractivity contribution in [3.8, 4) is 0 Å². The van der Waals surface area contributed by atoms with Gasteiger partial charge < -0.3 is 5.32 Å². The lowest BCUT2D eigenvalue weighted by Gasteiger charge is -2.25. The van der Waals surface area contributed by atoms with Gasteiger partial charge in [-0.1, -0.05) is 0 Å². The maximum Gasteiger partial charge on any atom is 0.146 e. The molecule has 1 unspecified atom stereocenters. The van der Waals surface area contributed by atoms with Crippen molar-refractivity contribution in [2.45, 2.75) is 32.2 Å². The molecule has 1 atom stereocenters. The van der Waals surface area contributed by atoms with E-state index in [9.17, 15) is 8.78 Å². The van der Waals surface area contributed by atoms with Crippen LogP contribution in [0, 0.1) is 18.6 Å². The molecule has 1 heterocycles. The van der Waals surface area contributed by atoms with Gasteiger partial charge in [0.05, 0.1) is 11.7 Å². The number of fused-ring (bicyclic) bond motifs is 1. The minimum atomic E-state index is -0.388. The molecule has 0 aliphatic heterocycles. The van der Waals surface area contributed by atoms with Crippen LogP contribution in [0.2, 0.25) is 0 Å². The van der Waals surface area contributed by atoms with Crippen LogP contribution in [-0.2, 0) is 6.42 Å². The normalized spacial score (nSPS) is 18.2. The first kappa shape index (κ1) is 12.6. The van der Waals surface area contributed by atoms with Crippen molar-refractivity contribution in [2.24, 2.45) is 0 Å². The zero-order valence-corrected chi connectivity index (χ0v) is 11.5. The summed E-state index contributed by atoms with van der Waals surface area (Å²) in [7, 11) is 0. The highest BCUT2D eigenvalue weighted by Gasteiger charge is 2.22. The molecule has 0 bridgehead atoms. The highest BCUT2D eigenvalue weighted by molar-refractivity contribution is 7.10. The second-order valence-electron chi connectivity index (χ2n) is 4.97. The van der Waals surface area contributed by atoms with Crippen LogP contribution in [0.4, 0.5) is 14.5 Å². The second kappa shape index (κ2) is 4.93. The van der Waals surface area contributed by atoms with Gasteiger partial charge in [-0.25, -0.2) is 8.78 Å². The van der Waals surface area contributed by atoms with Crippen molar-refractivity contribution in [2.75, 3.05) is 5.32 Å². The molecule has 0 amide bonds. The SMILES string of the molecule is Cc1cc(F)c(NC2CCCc3sccc32)cc1F. The third-order valence-electron chi connectivity index (χ3n) is 3.63. The molecular formula is C15H15F2NS. The number of halogens is 2. The number of thiophene rings is 1. The molecule has 100 valence electrons. The predicted molar refractivity (Wildman–Crippen MR) is 74.7 cm³/mol. The fourth-order valence-corrected chi connectivity index (χ4v) is 3.57. The molecular weight excluding hydrogens is 264 g/mol. The molecule has 1 N–H and O–H groups in total. The van der Waals surface area contributed by atoms with Gasteiger partial charge in [0.2, 0.25) is 0 Å². The van der Waals surface area contributed by atoms with Gasteiger partial charge >= 0.3 is 0 Å². The van der Waals surface area contributed by atoms with E-state index >= 15 is 0 Å². The third kappa shape index (κ3) is 2.37. The first-order valence-electron chi connectivity index (χ1n) is 6.43. The van der Waals surface area contributed by atoms with Gasteiger partial charge in [-0.05, 0) is 54.8 Å². The van der Waals surface area contributed by atoms with Gasteiger partial charge in [0.15, 0.2) is 0 Å². The Morgan fingerprint density at radius 2 is 2.11 bits per heavy atom. The summed E-state index contributed by atoms with van der Waals surface area (Å²) in [4.78, 5) is 1.36. The van der Waals surface area contributed by atoms with Crippen molar-refractivity contribution in [3.63, 3.8) is 0 Å². The highest BCUT2D eigenvalue weighted by atomic mass is 32.1. The molecule has 1 nitrogen and oxygen atoms in total. The van der Waals surface area contributed by atoms with E-state index in [-0.39, 0.29) is 23.4 Å². The number of rotatable bonds is 2. The van der Waals surface area contributed by atoms with Crippen molar-refractivity contribution < 1.29 is 8.78 Å². The molecule has 2 aromatic rings. The molecule has 1 aromatic carbocycles. The Balaban J connectivity index is 1.89. The van der Waals surface area contributed by atoms with Gasteiger partial charge in [0, 0.05) is 10.9 Å². The molecule has 1 aromatic heterocycles. The number of benzene rings is 1. The van der Waals surface area contributed by atoms with Gasteiger partial charge in [-0.2, -0.15) is 0 Å². The number of anilines is 1. The first-order chi connectivity index (χ1) is 9.15. The summed E-state index contributed by atoms with van der Waals surface area (Å²) < 4.78 is 27.4. The van der Waals surface area contributed by atoms with Crippen LogP contribution in [0.15, 0.2) is 23.6 Å². The summed E-state index contributed by atoms with van der Waals surface area (Å²) in [6.45, 7) is 1.57. The van der Waals surface area contributed by atoms with Crippen LogP contribution >= 0.6 is 11.3 Å². The quantitative estimate of drug-likeness (QED) is 0.830. The van der Waals surface area contributed by atoms with Crippen molar-refractivity contribution in [3.05, 3.63) is 51.2 Å². The molecule has 19 heavy (non-hydrogen) atoms. The van der Waals surface area contributed by atoms with E-state index in [1.807, 2.05) is 0 Å². The Kier molecular flexibility index (Phi) is 3.27. The van der Waals surface area contributed by atoms with Crippen LogP contribution < -0.4 is 5.32 Å².